The molecule has 1 amide bonds. The van der Waals surface area contributed by atoms with Gasteiger partial charge in [0.15, 0.2) is 5.16 Å². The van der Waals surface area contributed by atoms with Gasteiger partial charge in [0.25, 0.3) is 0 Å². The Labute approximate surface area is 163 Å². The highest BCUT2D eigenvalue weighted by Gasteiger charge is 2.07. The molecule has 138 valence electrons. The minimum Gasteiger partial charge on any atom is -0.381 e. The standard InChI is InChI=1S/C21H22N4OS/c1-15-12-16(2)24-21(23-15)27-14-20(26)25-19-10-8-18(9-11-19)22-13-17-6-4-3-5-7-17/h3-12,22H,13-14H2,1-2H3,(H,25,26). The van der Waals surface area contributed by atoms with Crippen LogP contribution in [0.25, 0.3) is 0 Å². The third-order valence-corrected chi connectivity index (χ3v) is 4.65. The second-order valence-electron chi connectivity index (χ2n) is 6.19. The average Bonchev–Trinajstić information content (AvgIpc) is 2.66. The monoisotopic (exact) mass is 378 g/mol. The highest BCUT2D eigenvalue weighted by Crippen LogP contribution is 2.17. The molecule has 6 heteroatoms. The minimum atomic E-state index is -0.0762. The fourth-order valence-corrected chi connectivity index (χ4v) is 3.31. The van der Waals surface area contributed by atoms with Gasteiger partial charge < -0.3 is 10.6 Å². The first-order valence-corrected chi connectivity index (χ1v) is 9.70. The van der Waals surface area contributed by atoms with Crippen LogP contribution in [0.5, 0.6) is 0 Å². The summed E-state index contributed by atoms with van der Waals surface area (Å²) in [6.45, 7) is 4.61. The van der Waals surface area contributed by atoms with E-state index in [0.717, 1.165) is 29.3 Å². The average molecular weight is 379 g/mol. The molecule has 0 saturated carbocycles. The van der Waals surface area contributed by atoms with Gasteiger partial charge in [-0.3, -0.25) is 4.79 Å². The zero-order valence-electron chi connectivity index (χ0n) is 15.4. The van der Waals surface area contributed by atoms with E-state index in [9.17, 15) is 4.79 Å². The Morgan fingerprint density at radius 3 is 2.22 bits per heavy atom. The molecule has 2 N–H and O–H groups in total. The molecule has 0 aliphatic carbocycles. The van der Waals surface area contributed by atoms with Crippen LogP contribution in [0.4, 0.5) is 11.4 Å². The highest BCUT2D eigenvalue weighted by molar-refractivity contribution is 7.99. The van der Waals surface area contributed by atoms with Gasteiger partial charge in [0.05, 0.1) is 5.75 Å². The van der Waals surface area contributed by atoms with Crippen LogP contribution >= 0.6 is 11.8 Å². The number of thioether (sulfide) groups is 1. The van der Waals surface area contributed by atoms with Crippen LogP contribution in [0.1, 0.15) is 17.0 Å². The van der Waals surface area contributed by atoms with Crippen molar-refractivity contribution in [2.24, 2.45) is 0 Å². The molecule has 0 unspecified atom stereocenters. The predicted octanol–water partition coefficient (Wildman–Crippen LogP) is 4.44. The number of carbonyl (C=O) groups excluding carboxylic acids is 1. The Hall–Kier alpha value is -2.86. The molecular formula is C21H22N4OS. The number of aryl methyl sites for hydroxylation is 2. The second-order valence-corrected chi connectivity index (χ2v) is 7.13. The van der Waals surface area contributed by atoms with Crippen molar-refractivity contribution in [3.05, 3.63) is 77.6 Å². The summed E-state index contributed by atoms with van der Waals surface area (Å²) >= 11 is 1.34. The predicted molar refractivity (Wildman–Crippen MR) is 111 cm³/mol. The van der Waals surface area contributed by atoms with Gasteiger partial charge in [-0.15, -0.1) is 0 Å². The summed E-state index contributed by atoms with van der Waals surface area (Å²) in [5.41, 5.74) is 4.82. The van der Waals surface area contributed by atoms with Crippen molar-refractivity contribution in [2.75, 3.05) is 16.4 Å². The fourth-order valence-electron chi connectivity index (χ4n) is 2.56. The van der Waals surface area contributed by atoms with Crippen LogP contribution in [0.15, 0.2) is 65.8 Å². The molecule has 1 aromatic heterocycles. The van der Waals surface area contributed by atoms with Crippen LogP contribution in [-0.2, 0) is 11.3 Å². The summed E-state index contributed by atoms with van der Waals surface area (Å²) in [5.74, 6) is 0.199. The van der Waals surface area contributed by atoms with Crippen LogP contribution in [0.2, 0.25) is 0 Å². The maximum atomic E-state index is 12.1. The van der Waals surface area contributed by atoms with Crippen molar-refractivity contribution >= 4 is 29.0 Å². The number of hydrogen-bond acceptors (Lipinski definition) is 5. The molecule has 0 aliphatic rings. The molecule has 0 aliphatic heterocycles. The van der Waals surface area contributed by atoms with E-state index in [4.69, 9.17) is 0 Å². The lowest BCUT2D eigenvalue weighted by Crippen LogP contribution is -2.14. The van der Waals surface area contributed by atoms with Gasteiger partial charge in [-0.05, 0) is 49.7 Å². The SMILES string of the molecule is Cc1cc(C)nc(SCC(=O)Nc2ccc(NCc3ccccc3)cc2)n1. The molecule has 0 bridgehead atoms. The molecule has 1 heterocycles. The van der Waals surface area contributed by atoms with E-state index in [1.807, 2.05) is 62.4 Å². The first kappa shape index (κ1) is 18.9. The van der Waals surface area contributed by atoms with Crippen LogP contribution < -0.4 is 10.6 Å². The van der Waals surface area contributed by atoms with E-state index < -0.39 is 0 Å². The van der Waals surface area contributed by atoms with E-state index in [-0.39, 0.29) is 11.7 Å². The number of aromatic nitrogens is 2. The second kappa shape index (κ2) is 9.19. The lowest BCUT2D eigenvalue weighted by atomic mass is 10.2. The van der Waals surface area contributed by atoms with E-state index >= 15 is 0 Å². The maximum Gasteiger partial charge on any atom is 0.234 e. The van der Waals surface area contributed by atoms with Gasteiger partial charge >= 0.3 is 0 Å². The molecule has 0 radical (unpaired) electrons. The normalized spacial score (nSPS) is 10.4. The summed E-state index contributed by atoms with van der Waals surface area (Å²) in [5, 5.41) is 6.89. The largest absolute Gasteiger partial charge is 0.381 e. The minimum absolute atomic E-state index is 0.0762. The topological polar surface area (TPSA) is 66.9 Å². The number of nitrogens with zero attached hydrogens (tertiary/aromatic N) is 2. The Kier molecular flexibility index (Phi) is 6.44. The molecule has 27 heavy (non-hydrogen) atoms. The maximum absolute atomic E-state index is 12.1. The lowest BCUT2D eigenvalue weighted by molar-refractivity contribution is -0.113. The zero-order chi connectivity index (χ0) is 19.1. The van der Waals surface area contributed by atoms with Gasteiger partial charge in [0, 0.05) is 29.3 Å². The van der Waals surface area contributed by atoms with Gasteiger partial charge in [0.2, 0.25) is 5.91 Å². The first-order valence-electron chi connectivity index (χ1n) is 8.71. The number of anilines is 2. The molecule has 0 fully saturated rings. The molecule has 3 aromatic rings. The third kappa shape index (κ3) is 6.11. The fraction of sp³-hybridized carbons (Fsp3) is 0.190. The molecule has 3 rings (SSSR count). The van der Waals surface area contributed by atoms with Crippen molar-refractivity contribution in [3.8, 4) is 0 Å². The van der Waals surface area contributed by atoms with Crippen LogP contribution in [0.3, 0.4) is 0 Å². The van der Waals surface area contributed by atoms with Gasteiger partial charge in [-0.25, -0.2) is 9.97 Å². The number of benzene rings is 2. The van der Waals surface area contributed by atoms with Crippen LogP contribution in [0, 0.1) is 13.8 Å². The Morgan fingerprint density at radius 2 is 1.56 bits per heavy atom. The van der Waals surface area contributed by atoms with Gasteiger partial charge in [0.1, 0.15) is 0 Å². The van der Waals surface area contributed by atoms with Crippen molar-refractivity contribution in [1.82, 2.24) is 9.97 Å². The van der Waals surface area contributed by atoms with Crippen molar-refractivity contribution < 1.29 is 4.79 Å². The number of hydrogen-bond donors (Lipinski definition) is 2. The van der Waals surface area contributed by atoms with Crippen molar-refractivity contribution in [3.63, 3.8) is 0 Å². The highest BCUT2D eigenvalue weighted by atomic mass is 32.2. The Morgan fingerprint density at radius 1 is 0.926 bits per heavy atom. The zero-order valence-corrected chi connectivity index (χ0v) is 16.2. The molecule has 5 nitrogen and oxygen atoms in total. The summed E-state index contributed by atoms with van der Waals surface area (Å²) in [6.07, 6.45) is 0. The summed E-state index contributed by atoms with van der Waals surface area (Å²) in [7, 11) is 0. The molecule has 0 atom stereocenters. The first-order chi connectivity index (χ1) is 13.1. The van der Waals surface area contributed by atoms with Crippen LogP contribution in [-0.4, -0.2) is 21.6 Å². The van der Waals surface area contributed by atoms with Gasteiger partial charge in [-0.2, -0.15) is 0 Å². The molecule has 0 spiro atoms. The lowest BCUT2D eigenvalue weighted by Gasteiger charge is -2.09. The van der Waals surface area contributed by atoms with Crippen molar-refractivity contribution in [1.29, 1.82) is 0 Å². The molecule has 2 aromatic carbocycles. The van der Waals surface area contributed by atoms with E-state index in [2.05, 4.69) is 32.7 Å². The summed E-state index contributed by atoms with van der Waals surface area (Å²) in [6, 6.07) is 19.8. The molecule has 0 saturated heterocycles. The summed E-state index contributed by atoms with van der Waals surface area (Å²) in [4.78, 5) is 20.8. The number of amides is 1. The Balaban J connectivity index is 1.48. The number of nitrogens with one attached hydrogen (secondary N) is 2. The quantitative estimate of drug-likeness (QED) is 0.470. The van der Waals surface area contributed by atoms with E-state index in [0.29, 0.717) is 5.16 Å². The number of carbonyl (C=O) groups is 1. The van der Waals surface area contributed by atoms with E-state index in [1.165, 1.54) is 17.3 Å². The number of rotatable bonds is 7. The molecular weight excluding hydrogens is 356 g/mol. The summed E-state index contributed by atoms with van der Waals surface area (Å²) < 4.78 is 0. The van der Waals surface area contributed by atoms with Gasteiger partial charge in [-0.1, -0.05) is 42.1 Å². The smallest absolute Gasteiger partial charge is 0.234 e. The van der Waals surface area contributed by atoms with E-state index in [1.54, 1.807) is 0 Å². The third-order valence-electron chi connectivity index (χ3n) is 3.80. The Bertz CT molecular complexity index is 878. The van der Waals surface area contributed by atoms with Crippen molar-refractivity contribution in [2.45, 2.75) is 25.5 Å².